The number of nitrogens with zero attached hydrogens (tertiary/aromatic N) is 4. The predicted octanol–water partition coefficient (Wildman–Crippen LogP) is 9.22. The zero-order chi connectivity index (χ0) is 40.4. The first kappa shape index (κ1) is 42.3. The van der Waals surface area contributed by atoms with Crippen LogP contribution in [0.25, 0.3) is 65.2 Å². The number of benzene rings is 5. The van der Waals surface area contributed by atoms with Gasteiger partial charge in [-0.2, -0.15) is 0 Å². The van der Waals surface area contributed by atoms with Crippen LogP contribution in [0.2, 0.25) is 0 Å². The molecule has 0 aliphatic heterocycles. The van der Waals surface area contributed by atoms with Crippen molar-refractivity contribution in [3.8, 4) is 11.5 Å². The van der Waals surface area contributed by atoms with E-state index in [9.17, 15) is 19.2 Å². The first-order valence-corrected chi connectivity index (χ1v) is 24.7. The van der Waals surface area contributed by atoms with Crippen molar-refractivity contribution in [2.24, 2.45) is 0 Å². The Kier molecular flexibility index (Phi) is 14.9. The van der Waals surface area contributed by atoms with Gasteiger partial charge in [-0.3, -0.25) is 0 Å². The van der Waals surface area contributed by atoms with Crippen molar-refractivity contribution in [2.45, 2.75) is 142 Å². The molecule has 306 valence electrons. The van der Waals surface area contributed by atoms with Gasteiger partial charge in [-0.15, -0.1) is 0 Å². The monoisotopic (exact) mass is 918 g/mol. The standard InChI is InChI=1S/C46H54N4O6Se2/c1-3-5-7-9-11-13-15-17-19-21-25-55-33-27-31-37(45(53)41-39(43(31)51)47-57-49-41)35-29(33)23-24-30-34(56-26-22-20-18-16-14-12-10-8-6-4-2)28-32-38(36(30)35)46(54)42-40(44(32)52)48-58-50-42/h23-24,27-28H,3-22,25-26H2,1-2H3. The van der Waals surface area contributed by atoms with E-state index in [2.05, 4.69) is 29.8 Å². The predicted molar refractivity (Wildman–Crippen MR) is 239 cm³/mol. The quantitative estimate of drug-likeness (QED) is 0.0328. The summed E-state index contributed by atoms with van der Waals surface area (Å²) in [5, 5.41) is 2.57. The van der Waals surface area contributed by atoms with Crippen molar-refractivity contribution in [2.75, 3.05) is 13.2 Å². The molecule has 10 nitrogen and oxygen atoms in total. The van der Waals surface area contributed by atoms with Gasteiger partial charge in [0.15, 0.2) is 0 Å². The van der Waals surface area contributed by atoms with Crippen LogP contribution in [0.3, 0.4) is 0 Å². The normalized spacial score (nSPS) is 12.0. The maximum atomic E-state index is 14.4. The van der Waals surface area contributed by atoms with Crippen molar-refractivity contribution in [1.29, 1.82) is 0 Å². The number of rotatable bonds is 24. The third kappa shape index (κ3) is 9.01. The molecule has 5 aromatic carbocycles. The fourth-order valence-electron chi connectivity index (χ4n) is 8.44. The molecule has 58 heavy (non-hydrogen) atoms. The van der Waals surface area contributed by atoms with E-state index in [1.165, 1.54) is 89.9 Å². The van der Waals surface area contributed by atoms with Gasteiger partial charge >= 0.3 is 262 Å². The Morgan fingerprint density at radius 2 is 0.707 bits per heavy atom. The summed E-state index contributed by atoms with van der Waals surface area (Å²) in [6.45, 7) is 5.33. The van der Waals surface area contributed by atoms with Crippen LogP contribution in [0, 0.1) is 0 Å². The van der Waals surface area contributed by atoms with E-state index in [4.69, 9.17) is 9.47 Å². The molecule has 0 atom stereocenters. The van der Waals surface area contributed by atoms with Crippen molar-refractivity contribution in [3.63, 3.8) is 0 Å². The second-order valence-corrected chi connectivity index (χ2v) is 18.0. The molecule has 0 spiro atoms. The molecule has 0 saturated carbocycles. The molecule has 7 aromatic rings. The fourth-order valence-corrected chi connectivity index (χ4v) is 10.7. The van der Waals surface area contributed by atoms with Crippen LogP contribution in [-0.4, -0.2) is 59.1 Å². The summed E-state index contributed by atoms with van der Waals surface area (Å²) in [5.74, 6) is 0.891. The van der Waals surface area contributed by atoms with Crippen LogP contribution in [-0.2, 0) is 0 Å². The van der Waals surface area contributed by atoms with Crippen molar-refractivity contribution < 1.29 is 9.47 Å². The number of aromatic nitrogens is 4. The summed E-state index contributed by atoms with van der Waals surface area (Å²) < 4.78 is 30.4. The van der Waals surface area contributed by atoms with Crippen LogP contribution < -0.4 is 31.2 Å². The molecule has 0 unspecified atom stereocenters. The average molecular weight is 917 g/mol. The Hall–Kier alpha value is -3.82. The molecular weight excluding hydrogens is 862 g/mol. The van der Waals surface area contributed by atoms with Crippen LogP contribution in [0.1, 0.15) is 142 Å². The topological polar surface area (TPSA) is 138 Å². The van der Waals surface area contributed by atoms with E-state index in [1.807, 2.05) is 12.1 Å². The third-order valence-electron chi connectivity index (χ3n) is 11.6. The number of fused-ring (bicyclic) bond motifs is 9. The third-order valence-corrected chi connectivity index (χ3v) is 13.8. The molecule has 0 fully saturated rings. The van der Waals surface area contributed by atoms with Crippen LogP contribution in [0.5, 0.6) is 11.5 Å². The summed E-state index contributed by atoms with van der Waals surface area (Å²) in [4.78, 5) is 57.0. The zero-order valence-electron chi connectivity index (χ0n) is 33.9. The first-order chi connectivity index (χ1) is 28.5. The Balaban J connectivity index is 1.26. The summed E-state index contributed by atoms with van der Waals surface area (Å²) >= 11 is -1.22. The molecule has 2 heterocycles. The zero-order valence-corrected chi connectivity index (χ0v) is 37.3. The Labute approximate surface area is 350 Å². The number of hydrogen-bond acceptors (Lipinski definition) is 10. The molecule has 12 heteroatoms. The molecule has 7 rings (SSSR count). The van der Waals surface area contributed by atoms with E-state index >= 15 is 0 Å². The number of ether oxygens (including phenoxy) is 2. The molecular formula is C46H54N4O6Se2. The second-order valence-electron chi connectivity index (χ2n) is 15.8. The SMILES string of the molecule is CCCCCCCCCCCCOc1cc2c(=O)c3n[se]nc3c(=O)c2c2c1ccc1c(OCCCCCCCCCCCC)cc3c(=O)c4n[se]nc4c(=O)c3c12. The molecule has 0 saturated heterocycles. The molecule has 0 aliphatic carbocycles. The van der Waals surface area contributed by atoms with Crippen molar-refractivity contribution in [1.82, 2.24) is 15.9 Å². The van der Waals surface area contributed by atoms with Crippen molar-refractivity contribution >= 4 is 95.1 Å². The minimum absolute atomic E-state index is 0.0526. The van der Waals surface area contributed by atoms with E-state index in [0.29, 0.717) is 46.3 Å². The molecule has 0 radical (unpaired) electrons. The molecule has 0 N–H and O–H groups in total. The maximum absolute atomic E-state index is 14.4. The van der Waals surface area contributed by atoms with E-state index in [0.717, 1.165) is 38.5 Å². The average Bonchev–Trinajstić information content (AvgIpc) is 3.94. The summed E-state index contributed by atoms with van der Waals surface area (Å²) in [6.07, 6.45) is 23.8. The fraction of sp³-hybridized carbons (Fsp3) is 0.522. The van der Waals surface area contributed by atoms with Crippen LogP contribution in [0.4, 0.5) is 0 Å². The van der Waals surface area contributed by atoms with Gasteiger partial charge in [-0.05, 0) is 0 Å². The minimum atomic E-state index is -0.611. The molecule has 0 amide bonds. The van der Waals surface area contributed by atoms with Crippen LogP contribution >= 0.6 is 0 Å². The van der Waals surface area contributed by atoms with Gasteiger partial charge in [-0.25, -0.2) is 0 Å². The second kappa shape index (κ2) is 20.4. The van der Waals surface area contributed by atoms with Gasteiger partial charge in [0.05, 0.1) is 0 Å². The Bertz CT molecular complexity index is 2550. The summed E-state index contributed by atoms with van der Waals surface area (Å²) in [6, 6.07) is 7.07. The van der Waals surface area contributed by atoms with Gasteiger partial charge in [0.2, 0.25) is 0 Å². The Morgan fingerprint density at radius 1 is 0.397 bits per heavy atom. The van der Waals surface area contributed by atoms with Gasteiger partial charge in [-0.1, -0.05) is 90.9 Å². The van der Waals surface area contributed by atoms with Gasteiger partial charge < -0.3 is 0 Å². The Morgan fingerprint density at radius 3 is 1.05 bits per heavy atom. The van der Waals surface area contributed by atoms with Crippen molar-refractivity contribution in [3.05, 3.63) is 65.2 Å². The molecule has 0 aliphatic rings. The first-order valence-electron chi connectivity index (χ1n) is 21.7. The summed E-state index contributed by atoms with van der Waals surface area (Å²) in [7, 11) is 0. The van der Waals surface area contributed by atoms with Crippen LogP contribution in [0.15, 0.2) is 43.4 Å². The van der Waals surface area contributed by atoms with Gasteiger partial charge in [0.25, 0.3) is 0 Å². The van der Waals surface area contributed by atoms with E-state index in [1.54, 1.807) is 12.1 Å². The molecule has 0 bridgehead atoms. The van der Waals surface area contributed by atoms with E-state index in [-0.39, 0.29) is 43.6 Å². The summed E-state index contributed by atoms with van der Waals surface area (Å²) in [5.41, 5.74) is -1.36. The van der Waals surface area contributed by atoms with E-state index < -0.39 is 51.6 Å². The van der Waals surface area contributed by atoms with Gasteiger partial charge in [0.1, 0.15) is 0 Å². The number of hydrogen-bond donors (Lipinski definition) is 0. The number of unbranched alkanes of at least 4 members (excludes halogenated alkanes) is 18. The van der Waals surface area contributed by atoms with Gasteiger partial charge in [0, 0.05) is 0 Å². The molecule has 2 aromatic heterocycles.